The standard InChI is InChI=1S/C16H13N3O/c20-16(6-3-12-2-1-8-17-11-12)19-14-4-5-15-13(10-14)7-9-18-15/h1-11,18H,(H,19,20)/b6-3+. The molecule has 0 fully saturated rings. The third-order valence-corrected chi connectivity index (χ3v) is 2.93. The fraction of sp³-hybridized carbons (Fsp3) is 0. The molecule has 0 aliphatic heterocycles. The summed E-state index contributed by atoms with van der Waals surface area (Å²) in [6.07, 6.45) is 8.51. The first kappa shape index (κ1) is 12.2. The number of rotatable bonds is 3. The molecule has 0 unspecified atom stereocenters. The Morgan fingerprint density at radius 2 is 2.20 bits per heavy atom. The molecule has 4 heteroatoms. The highest BCUT2D eigenvalue weighted by Gasteiger charge is 2.00. The molecule has 3 rings (SSSR count). The van der Waals surface area contributed by atoms with Crippen LogP contribution in [-0.2, 0) is 4.79 Å². The van der Waals surface area contributed by atoms with Gasteiger partial charge in [-0.15, -0.1) is 0 Å². The number of benzene rings is 1. The Kier molecular flexibility index (Phi) is 3.29. The maximum Gasteiger partial charge on any atom is 0.248 e. The molecule has 2 heterocycles. The first-order valence-electron chi connectivity index (χ1n) is 6.27. The summed E-state index contributed by atoms with van der Waals surface area (Å²) in [5.41, 5.74) is 2.72. The zero-order chi connectivity index (χ0) is 13.8. The van der Waals surface area contributed by atoms with Gasteiger partial charge in [0.15, 0.2) is 0 Å². The van der Waals surface area contributed by atoms with Gasteiger partial charge in [0.1, 0.15) is 0 Å². The van der Waals surface area contributed by atoms with E-state index in [-0.39, 0.29) is 5.91 Å². The van der Waals surface area contributed by atoms with Crippen molar-refractivity contribution >= 4 is 28.6 Å². The van der Waals surface area contributed by atoms with Gasteiger partial charge >= 0.3 is 0 Å². The van der Waals surface area contributed by atoms with Crippen LogP contribution in [0.15, 0.2) is 61.1 Å². The molecule has 0 saturated heterocycles. The third kappa shape index (κ3) is 2.75. The molecule has 0 aliphatic carbocycles. The van der Waals surface area contributed by atoms with E-state index in [4.69, 9.17) is 0 Å². The molecule has 98 valence electrons. The van der Waals surface area contributed by atoms with Crippen LogP contribution in [0.5, 0.6) is 0 Å². The lowest BCUT2D eigenvalue weighted by Gasteiger charge is -2.02. The van der Waals surface area contributed by atoms with Crippen molar-refractivity contribution in [1.82, 2.24) is 9.97 Å². The molecule has 2 N–H and O–H groups in total. The molecule has 0 atom stereocenters. The van der Waals surface area contributed by atoms with Crippen LogP contribution in [0.4, 0.5) is 5.69 Å². The first-order valence-corrected chi connectivity index (χ1v) is 6.27. The van der Waals surface area contributed by atoms with Crippen LogP contribution in [0, 0.1) is 0 Å². The molecule has 0 bridgehead atoms. The van der Waals surface area contributed by atoms with Gasteiger partial charge in [0.05, 0.1) is 0 Å². The lowest BCUT2D eigenvalue weighted by molar-refractivity contribution is -0.111. The number of carbonyl (C=O) groups excluding carboxylic acids is 1. The predicted molar refractivity (Wildman–Crippen MR) is 80.2 cm³/mol. The highest BCUT2D eigenvalue weighted by Crippen LogP contribution is 2.17. The van der Waals surface area contributed by atoms with Crippen LogP contribution in [0.25, 0.3) is 17.0 Å². The second-order valence-corrected chi connectivity index (χ2v) is 4.39. The molecule has 2 aromatic heterocycles. The second kappa shape index (κ2) is 5.40. The number of pyridine rings is 1. The molecule has 0 radical (unpaired) electrons. The van der Waals surface area contributed by atoms with Crippen molar-refractivity contribution in [2.75, 3.05) is 5.32 Å². The molecule has 0 aliphatic rings. The summed E-state index contributed by atoms with van der Waals surface area (Å²) < 4.78 is 0. The zero-order valence-corrected chi connectivity index (χ0v) is 10.7. The van der Waals surface area contributed by atoms with Crippen LogP contribution >= 0.6 is 0 Å². The van der Waals surface area contributed by atoms with Crippen LogP contribution < -0.4 is 5.32 Å². The van der Waals surface area contributed by atoms with Crippen LogP contribution in [0.3, 0.4) is 0 Å². The molecule has 1 amide bonds. The van der Waals surface area contributed by atoms with Crippen molar-refractivity contribution in [1.29, 1.82) is 0 Å². The van der Waals surface area contributed by atoms with Crippen molar-refractivity contribution in [3.05, 3.63) is 66.6 Å². The Labute approximate surface area is 116 Å². The number of nitrogens with zero attached hydrogens (tertiary/aromatic N) is 1. The number of anilines is 1. The number of nitrogens with one attached hydrogen (secondary N) is 2. The summed E-state index contributed by atoms with van der Waals surface area (Å²) in [7, 11) is 0. The number of aromatic amines is 1. The Hall–Kier alpha value is -2.88. The van der Waals surface area contributed by atoms with E-state index in [1.165, 1.54) is 6.08 Å². The second-order valence-electron chi connectivity index (χ2n) is 4.39. The number of hydrogen-bond acceptors (Lipinski definition) is 2. The minimum absolute atomic E-state index is 0.163. The monoisotopic (exact) mass is 263 g/mol. The first-order chi connectivity index (χ1) is 9.81. The normalized spacial score (nSPS) is 11.0. The number of fused-ring (bicyclic) bond motifs is 1. The van der Waals surface area contributed by atoms with E-state index in [1.807, 2.05) is 42.6 Å². The molecular formula is C16H13N3O. The fourth-order valence-corrected chi connectivity index (χ4v) is 1.96. The quantitative estimate of drug-likeness (QED) is 0.713. The van der Waals surface area contributed by atoms with Gasteiger partial charge in [-0.1, -0.05) is 6.07 Å². The molecule has 3 aromatic rings. The van der Waals surface area contributed by atoms with E-state index in [0.29, 0.717) is 0 Å². The minimum Gasteiger partial charge on any atom is -0.361 e. The number of hydrogen-bond donors (Lipinski definition) is 2. The van der Waals surface area contributed by atoms with Gasteiger partial charge in [0, 0.05) is 41.3 Å². The molecule has 0 spiro atoms. The van der Waals surface area contributed by atoms with E-state index < -0.39 is 0 Å². The summed E-state index contributed by atoms with van der Waals surface area (Å²) in [6.45, 7) is 0. The van der Waals surface area contributed by atoms with Crippen molar-refractivity contribution in [3.8, 4) is 0 Å². The van der Waals surface area contributed by atoms with E-state index in [9.17, 15) is 4.79 Å². The number of aromatic nitrogens is 2. The van der Waals surface area contributed by atoms with Gasteiger partial charge in [-0.05, 0) is 42.0 Å². The average Bonchev–Trinajstić information content (AvgIpc) is 2.94. The lowest BCUT2D eigenvalue weighted by atomic mass is 10.2. The molecule has 20 heavy (non-hydrogen) atoms. The maximum absolute atomic E-state index is 11.8. The van der Waals surface area contributed by atoms with Crippen molar-refractivity contribution < 1.29 is 4.79 Å². The Bertz CT molecular complexity index is 760. The Balaban J connectivity index is 1.70. The Morgan fingerprint density at radius 3 is 3.05 bits per heavy atom. The summed E-state index contributed by atoms with van der Waals surface area (Å²) in [5.74, 6) is -0.163. The van der Waals surface area contributed by atoms with Crippen molar-refractivity contribution in [2.45, 2.75) is 0 Å². The van der Waals surface area contributed by atoms with Gasteiger partial charge in [0.25, 0.3) is 0 Å². The van der Waals surface area contributed by atoms with Gasteiger partial charge < -0.3 is 10.3 Å². The van der Waals surface area contributed by atoms with Crippen molar-refractivity contribution in [2.24, 2.45) is 0 Å². The van der Waals surface area contributed by atoms with Crippen LogP contribution in [-0.4, -0.2) is 15.9 Å². The largest absolute Gasteiger partial charge is 0.361 e. The predicted octanol–water partition coefficient (Wildman–Crippen LogP) is 3.21. The summed E-state index contributed by atoms with van der Waals surface area (Å²) >= 11 is 0. The minimum atomic E-state index is -0.163. The fourth-order valence-electron chi connectivity index (χ4n) is 1.96. The summed E-state index contributed by atoms with van der Waals surface area (Å²) in [6, 6.07) is 11.4. The number of H-pyrrole nitrogens is 1. The highest BCUT2D eigenvalue weighted by atomic mass is 16.1. The maximum atomic E-state index is 11.8. The molecule has 1 aromatic carbocycles. The topological polar surface area (TPSA) is 57.8 Å². The third-order valence-electron chi connectivity index (χ3n) is 2.93. The smallest absolute Gasteiger partial charge is 0.248 e. The molecule has 4 nitrogen and oxygen atoms in total. The highest BCUT2D eigenvalue weighted by molar-refractivity contribution is 6.02. The summed E-state index contributed by atoms with van der Waals surface area (Å²) in [4.78, 5) is 18.9. The van der Waals surface area contributed by atoms with Crippen molar-refractivity contribution in [3.63, 3.8) is 0 Å². The molecular weight excluding hydrogens is 250 g/mol. The zero-order valence-electron chi connectivity index (χ0n) is 10.7. The van der Waals surface area contributed by atoms with Crippen LogP contribution in [0.2, 0.25) is 0 Å². The lowest BCUT2D eigenvalue weighted by Crippen LogP contribution is -2.07. The van der Waals surface area contributed by atoms with Gasteiger partial charge in [-0.3, -0.25) is 9.78 Å². The van der Waals surface area contributed by atoms with E-state index in [2.05, 4.69) is 15.3 Å². The number of carbonyl (C=O) groups is 1. The van der Waals surface area contributed by atoms with Gasteiger partial charge in [-0.25, -0.2) is 0 Å². The van der Waals surface area contributed by atoms with Gasteiger partial charge in [-0.2, -0.15) is 0 Å². The molecule has 0 saturated carbocycles. The average molecular weight is 263 g/mol. The van der Waals surface area contributed by atoms with Crippen LogP contribution in [0.1, 0.15) is 5.56 Å². The van der Waals surface area contributed by atoms with E-state index in [1.54, 1.807) is 18.5 Å². The Morgan fingerprint density at radius 1 is 1.25 bits per heavy atom. The SMILES string of the molecule is O=C(/C=C/c1cccnc1)Nc1ccc2[nH]ccc2c1. The number of amides is 1. The van der Waals surface area contributed by atoms with Gasteiger partial charge in [0.2, 0.25) is 5.91 Å². The van der Waals surface area contributed by atoms with E-state index in [0.717, 1.165) is 22.2 Å². The van der Waals surface area contributed by atoms with E-state index >= 15 is 0 Å². The summed E-state index contributed by atoms with van der Waals surface area (Å²) in [5, 5.41) is 3.90.